The second-order valence-electron chi connectivity index (χ2n) is 3.83. The average molecular weight is 266 g/mol. The van der Waals surface area contributed by atoms with E-state index in [0.29, 0.717) is 6.54 Å². The van der Waals surface area contributed by atoms with Gasteiger partial charge in [-0.25, -0.2) is 0 Å². The highest BCUT2D eigenvalue weighted by Gasteiger charge is 2.23. The highest BCUT2D eigenvalue weighted by atomic mass is 32.2. The Morgan fingerprint density at radius 1 is 1.18 bits per heavy atom. The summed E-state index contributed by atoms with van der Waals surface area (Å²) in [7, 11) is 0.826. The van der Waals surface area contributed by atoms with Crippen LogP contribution in [0.15, 0.2) is 0 Å². The predicted octanol–water partition coefficient (Wildman–Crippen LogP) is 0.458. The van der Waals surface area contributed by atoms with E-state index in [2.05, 4.69) is 4.74 Å². The Bertz CT molecular complexity index is 329. The molecule has 7 heteroatoms. The molecule has 0 saturated heterocycles. The maximum Gasteiger partial charge on any atom is 0.306 e. The van der Waals surface area contributed by atoms with Crippen molar-refractivity contribution >= 4 is 16.2 Å². The van der Waals surface area contributed by atoms with Crippen LogP contribution in [0.25, 0.3) is 0 Å². The highest BCUT2D eigenvalue weighted by Crippen LogP contribution is 2.06. The Morgan fingerprint density at radius 3 is 2.18 bits per heavy atom. The standard InChI is InChI=1S/C10H22N2O4S/c1-5-6-8-11(2)17(14,15)12(3)9-7-10(13)16-4/h5-9H2,1-4H3. The third kappa shape index (κ3) is 5.47. The van der Waals surface area contributed by atoms with Crippen molar-refractivity contribution in [3.8, 4) is 0 Å². The van der Waals surface area contributed by atoms with Gasteiger partial charge in [-0.15, -0.1) is 0 Å². The van der Waals surface area contributed by atoms with Crippen LogP contribution in [0, 0.1) is 0 Å². The summed E-state index contributed by atoms with van der Waals surface area (Å²) in [6.45, 7) is 2.62. The molecule has 0 atom stereocenters. The number of hydrogen-bond acceptors (Lipinski definition) is 4. The first-order valence-electron chi connectivity index (χ1n) is 5.60. The van der Waals surface area contributed by atoms with Crippen LogP contribution in [0.5, 0.6) is 0 Å². The van der Waals surface area contributed by atoms with Gasteiger partial charge in [0.1, 0.15) is 0 Å². The summed E-state index contributed by atoms with van der Waals surface area (Å²) in [6.07, 6.45) is 1.82. The number of hydrogen-bond donors (Lipinski definition) is 0. The van der Waals surface area contributed by atoms with Crippen molar-refractivity contribution in [3.05, 3.63) is 0 Å². The summed E-state index contributed by atoms with van der Waals surface area (Å²) >= 11 is 0. The quantitative estimate of drug-likeness (QED) is 0.599. The fourth-order valence-corrected chi connectivity index (χ4v) is 2.36. The Morgan fingerprint density at radius 2 is 1.71 bits per heavy atom. The van der Waals surface area contributed by atoms with E-state index in [1.165, 1.54) is 22.8 Å². The molecule has 0 aliphatic rings. The van der Waals surface area contributed by atoms with Crippen molar-refractivity contribution in [2.45, 2.75) is 26.2 Å². The monoisotopic (exact) mass is 266 g/mol. The van der Waals surface area contributed by atoms with Gasteiger partial charge >= 0.3 is 5.97 Å². The molecular formula is C10H22N2O4S. The van der Waals surface area contributed by atoms with Gasteiger partial charge < -0.3 is 4.74 Å². The molecule has 0 fully saturated rings. The zero-order chi connectivity index (χ0) is 13.5. The van der Waals surface area contributed by atoms with Gasteiger partial charge in [-0.3, -0.25) is 4.79 Å². The fraction of sp³-hybridized carbons (Fsp3) is 0.900. The maximum atomic E-state index is 11.9. The van der Waals surface area contributed by atoms with Crippen LogP contribution >= 0.6 is 0 Å². The van der Waals surface area contributed by atoms with Crippen LogP contribution in [0.3, 0.4) is 0 Å². The van der Waals surface area contributed by atoms with Gasteiger partial charge in [0, 0.05) is 27.2 Å². The van der Waals surface area contributed by atoms with Gasteiger partial charge in [0.15, 0.2) is 0 Å². The molecule has 0 N–H and O–H groups in total. The molecule has 0 radical (unpaired) electrons. The number of nitrogens with zero attached hydrogens (tertiary/aromatic N) is 2. The molecule has 0 saturated carbocycles. The second kappa shape index (κ2) is 7.62. The Labute approximate surface area is 104 Å². The summed E-state index contributed by atoms with van der Waals surface area (Å²) in [5.74, 6) is -0.414. The van der Waals surface area contributed by atoms with Crippen LogP contribution in [-0.4, -0.2) is 57.3 Å². The van der Waals surface area contributed by atoms with E-state index in [-0.39, 0.29) is 13.0 Å². The summed E-state index contributed by atoms with van der Waals surface area (Å²) < 4.78 is 30.8. The van der Waals surface area contributed by atoms with Crippen LogP contribution in [0.1, 0.15) is 26.2 Å². The third-order valence-electron chi connectivity index (χ3n) is 2.47. The van der Waals surface area contributed by atoms with E-state index >= 15 is 0 Å². The summed E-state index contributed by atoms with van der Waals surface area (Å²) in [6, 6.07) is 0. The number of methoxy groups -OCH3 is 1. The third-order valence-corrected chi connectivity index (χ3v) is 4.41. The van der Waals surface area contributed by atoms with Crippen LogP contribution in [-0.2, 0) is 19.7 Å². The molecule has 0 aromatic carbocycles. The molecule has 0 amide bonds. The number of unbranched alkanes of at least 4 members (excludes halogenated alkanes) is 1. The predicted molar refractivity (Wildman–Crippen MR) is 65.7 cm³/mol. The molecule has 0 aromatic heterocycles. The first-order valence-corrected chi connectivity index (χ1v) is 7.00. The fourth-order valence-electron chi connectivity index (χ4n) is 1.20. The minimum Gasteiger partial charge on any atom is -0.469 e. The molecule has 0 aromatic rings. The second-order valence-corrected chi connectivity index (χ2v) is 5.97. The van der Waals surface area contributed by atoms with Gasteiger partial charge in [-0.2, -0.15) is 17.0 Å². The van der Waals surface area contributed by atoms with Gasteiger partial charge in [0.05, 0.1) is 13.5 Å². The molecule has 0 rings (SSSR count). The van der Waals surface area contributed by atoms with Gasteiger partial charge in [0.2, 0.25) is 0 Å². The van der Waals surface area contributed by atoms with E-state index in [1.807, 2.05) is 6.92 Å². The van der Waals surface area contributed by atoms with Crippen molar-refractivity contribution in [2.75, 3.05) is 34.3 Å². The molecule has 0 aliphatic carbocycles. The molecule has 102 valence electrons. The Balaban J connectivity index is 4.33. The summed E-state index contributed by atoms with van der Waals surface area (Å²) in [5, 5.41) is 0. The minimum atomic E-state index is -3.46. The average Bonchev–Trinajstić information content (AvgIpc) is 2.31. The van der Waals surface area contributed by atoms with Gasteiger partial charge in [-0.05, 0) is 6.42 Å². The SMILES string of the molecule is CCCCN(C)S(=O)(=O)N(C)CCC(=O)OC. The zero-order valence-corrected chi connectivity index (χ0v) is 11.8. The Hall–Kier alpha value is -0.660. The maximum absolute atomic E-state index is 11.9. The van der Waals surface area contributed by atoms with Crippen molar-refractivity contribution in [2.24, 2.45) is 0 Å². The lowest BCUT2D eigenvalue weighted by Gasteiger charge is -2.23. The zero-order valence-electron chi connectivity index (χ0n) is 11.0. The van der Waals surface area contributed by atoms with E-state index in [0.717, 1.165) is 12.8 Å². The molecule has 0 bridgehead atoms. The van der Waals surface area contributed by atoms with Crippen molar-refractivity contribution < 1.29 is 17.9 Å². The number of carbonyl (C=O) groups excluding carboxylic acids is 1. The van der Waals surface area contributed by atoms with Crippen molar-refractivity contribution in [3.63, 3.8) is 0 Å². The van der Waals surface area contributed by atoms with E-state index in [4.69, 9.17) is 0 Å². The molecule has 0 unspecified atom stereocenters. The van der Waals surface area contributed by atoms with E-state index in [9.17, 15) is 13.2 Å². The lowest BCUT2D eigenvalue weighted by Crippen LogP contribution is -2.40. The van der Waals surface area contributed by atoms with E-state index < -0.39 is 16.2 Å². The van der Waals surface area contributed by atoms with Crippen LogP contribution in [0.4, 0.5) is 0 Å². The lowest BCUT2D eigenvalue weighted by molar-refractivity contribution is -0.140. The summed E-state index contributed by atoms with van der Waals surface area (Å²) in [5.41, 5.74) is 0. The molecule has 17 heavy (non-hydrogen) atoms. The molecule has 6 nitrogen and oxygen atoms in total. The smallest absolute Gasteiger partial charge is 0.306 e. The lowest BCUT2D eigenvalue weighted by atomic mass is 10.3. The molecule has 0 aliphatic heterocycles. The Kier molecular flexibility index (Phi) is 7.33. The normalized spacial score (nSPS) is 12.1. The number of ether oxygens (including phenoxy) is 1. The summed E-state index contributed by atoms with van der Waals surface area (Å²) in [4.78, 5) is 10.9. The minimum absolute atomic E-state index is 0.0633. The highest BCUT2D eigenvalue weighted by molar-refractivity contribution is 7.86. The van der Waals surface area contributed by atoms with Crippen molar-refractivity contribution in [1.29, 1.82) is 0 Å². The van der Waals surface area contributed by atoms with Crippen LogP contribution < -0.4 is 0 Å². The number of esters is 1. The molecular weight excluding hydrogens is 244 g/mol. The molecule has 0 heterocycles. The number of rotatable bonds is 8. The molecule has 0 spiro atoms. The number of carbonyl (C=O) groups is 1. The van der Waals surface area contributed by atoms with Gasteiger partial charge in [-0.1, -0.05) is 13.3 Å². The van der Waals surface area contributed by atoms with Gasteiger partial charge in [0.25, 0.3) is 10.2 Å². The topological polar surface area (TPSA) is 66.9 Å². The first kappa shape index (κ1) is 16.3. The largest absolute Gasteiger partial charge is 0.469 e. The van der Waals surface area contributed by atoms with Crippen LogP contribution in [0.2, 0.25) is 0 Å². The van der Waals surface area contributed by atoms with E-state index in [1.54, 1.807) is 7.05 Å². The van der Waals surface area contributed by atoms with Crippen molar-refractivity contribution in [1.82, 2.24) is 8.61 Å². The first-order chi connectivity index (χ1) is 7.86.